The fourth-order valence-corrected chi connectivity index (χ4v) is 2.11. The molecule has 0 spiro atoms. The topological polar surface area (TPSA) is 70.2 Å². The lowest BCUT2D eigenvalue weighted by Gasteiger charge is -2.22. The van der Waals surface area contributed by atoms with Gasteiger partial charge in [0.15, 0.2) is 0 Å². The van der Waals surface area contributed by atoms with Crippen molar-refractivity contribution in [3.8, 4) is 0 Å². The number of amides is 2. The van der Waals surface area contributed by atoms with Gasteiger partial charge in [0.05, 0.1) is 12.5 Å². The summed E-state index contributed by atoms with van der Waals surface area (Å²) < 4.78 is 0. The predicted molar refractivity (Wildman–Crippen MR) is 72.7 cm³/mol. The van der Waals surface area contributed by atoms with Crippen LogP contribution in [0.3, 0.4) is 0 Å². The molecule has 1 fully saturated rings. The first-order chi connectivity index (χ1) is 9.16. The first-order valence-corrected chi connectivity index (χ1v) is 6.56. The minimum atomic E-state index is -0.444. The highest BCUT2D eigenvalue weighted by Crippen LogP contribution is 2.14. The van der Waals surface area contributed by atoms with E-state index in [9.17, 15) is 9.59 Å². The monoisotopic (exact) mass is 281 g/mol. The van der Waals surface area contributed by atoms with Crippen LogP contribution in [0.2, 0.25) is 5.02 Å². The lowest BCUT2D eigenvalue weighted by Crippen LogP contribution is -2.54. The van der Waals surface area contributed by atoms with Gasteiger partial charge in [0.2, 0.25) is 11.8 Å². The molecule has 0 aliphatic carbocycles. The van der Waals surface area contributed by atoms with Crippen LogP contribution in [0.15, 0.2) is 24.3 Å². The summed E-state index contributed by atoms with van der Waals surface area (Å²) in [6, 6.07) is 6.89. The van der Waals surface area contributed by atoms with Crippen LogP contribution in [-0.4, -0.2) is 30.9 Å². The Bertz CT molecular complexity index is 479. The van der Waals surface area contributed by atoms with E-state index in [2.05, 4.69) is 16.0 Å². The van der Waals surface area contributed by atoms with E-state index in [4.69, 9.17) is 11.6 Å². The Hall–Kier alpha value is -1.59. The van der Waals surface area contributed by atoms with Gasteiger partial charge in [-0.1, -0.05) is 29.8 Å². The van der Waals surface area contributed by atoms with Crippen molar-refractivity contribution in [1.29, 1.82) is 0 Å². The lowest BCUT2D eigenvalue weighted by molar-refractivity contribution is -0.129. The van der Waals surface area contributed by atoms with Crippen molar-refractivity contribution in [3.05, 3.63) is 34.9 Å². The number of carbonyl (C=O) groups is 2. The molecule has 0 saturated carbocycles. The van der Waals surface area contributed by atoms with Gasteiger partial charge in [0.25, 0.3) is 0 Å². The zero-order chi connectivity index (χ0) is 13.7. The Morgan fingerprint density at radius 3 is 2.89 bits per heavy atom. The summed E-state index contributed by atoms with van der Waals surface area (Å²) in [5.74, 6) is -0.298. The van der Waals surface area contributed by atoms with Crippen LogP contribution in [0.4, 0.5) is 0 Å². The van der Waals surface area contributed by atoms with Crippen LogP contribution < -0.4 is 16.0 Å². The van der Waals surface area contributed by atoms with Crippen molar-refractivity contribution in [2.24, 2.45) is 0 Å². The molecule has 0 radical (unpaired) electrons. The first kappa shape index (κ1) is 13.8. The lowest BCUT2D eigenvalue weighted by atomic mass is 10.1. The second-order valence-electron chi connectivity index (χ2n) is 4.37. The van der Waals surface area contributed by atoms with Gasteiger partial charge in [-0.3, -0.25) is 9.59 Å². The molecule has 102 valence electrons. The van der Waals surface area contributed by atoms with Crippen molar-refractivity contribution in [2.45, 2.75) is 19.0 Å². The normalized spacial score (nSPS) is 18.8. The summed E-state index contributed by atoms with van der Waals surface area (Å²) >= 11 is 5.99. The molecule has 1 aliphatic heterocycles. The fourth-order valence-electron chi connectivity index (χ4n) is 1.91. The highest BCUT2D eigenvalue weighted by Gasteiger charge is 2.23. The highest BCUT2D eigenvalue weighted by molar-refractivity contribution is 6.31. The number of piperazine rings is 1. The van der Waals surface area contributed by atoms with Gasteiger partial charge < -0.3 is 16.0 Å². The van der Waals surface area contributed by atoms with Crippen LogP contribution >= 0.6 is 11.6 Å². The standard InChI is InChI=1S/C13H16ClN3O2/c14-10-4-2-1-3-9(10)8-17-12(18)7-11-13(19)16-6-5-15-11/h1-4,11,15H,5-8H2,(H,16,19)(H,17,18). The van der Waals surface area contributed by atoms with E-state index < -0.39 is 6.04 Å². The smallest absolute Gasteiger partial charge is 0.237 e. The Labute approximate surface area is 116 Å². The molecule has 2 rings (SSSR count). The minimum absolute atomic E-state index is 0.126. The van der Waals surface area contributed by atoms with Crippen LogP contribution in [0.1, 0.15) is 12.0 Å². The maximum Gasteiger partial charge on any atom is 0.237 e. The maximum atomic E-state index is 11.8. The molecule has 0 aromatic heterocycles. The molecule has 1 aliphatic rings. The second-order valence-corrected chi connectivity index (χ2v) is 4.78. The van der Waals surface area contributed by atoms with Crippen LogP contribution in [0.5, 0.6) is 0 Å². The molecule has 1 aromatic rings. The van der Waals surface area contributed by atoms with Crippen LogP contribution in [-0.2, 0) is 16.1 Å². The van der Waals surface area contributed by atoms with E-state index >= 15 is 0 Å². The summed E-state index contributed by atoms with van der Waals surface area (Å²) in [7, 11) is 0. The predicted octanol–water partition coefficient (Wildman–Crippen LogP) is 0.434. The Morgan fingerprint density at radius 2 is 2.16 bits per heavy atom. The van der Waals surface area contributed by atoms with E-state index in [0.717, 1.165) is 5.56 Å². The summed E-state index contributed by atoms with van der Waals surface area (Å²) in [6.07, 6.45) is 0.135. The van der Waals surface area contributed by atoms with E-state index in [1.807, 2.05) is 18.2 Å². The largest absolute Gasteiger partial charge is 0.353 e. The van der Waals surface area contributed by atoms with Gasteiger partial charge in [-0.15, -0.1) is 0 Å². The Morgan fingerprint density at radius 1 is 1.37 bits per heavy atom. The Kier molecular flexibility index (Phi) is 4.76. The minimum Gasteiger partial charge on any atom is -0.353 e. The average Bonchev–Trinajstić information content (AvgIpc) is 2.40. The van der Waals surface area contributed by atoms with Crippen LogP contribution in [0, 0.1) is 0 Å². The van der Waals surface area contributed by atoms with Crippen molar-refractivity contribution >= 4 is 23.4 Å². The van der Waals surface area contributed by atoms with E-state index in [-0.39, 0.29) is 18.2 Å². The van der Waals surface area contributed by atoms with E-state index in [1.165, 1.54) is 0 Å². The number of carbonyl (C=O) groups excluding carboxylic acids is 2. The third-order valence-electron chi connectivity index (χ3n) is 2.95. The second kappa shape index (κ2) is 6.54. The zero-order valence-electron chi connectivity index (χ0n) is 10.4. The van der Waals surface area contributed by atoms with Crippen LogP contribution in [0.25, 0.3) is 0 Å². The first-order valence-electron chi connectivity index (χ1n) is 6.18. The SMILES string of the molecule is O=C(CC1NCCNC1=O)NCc1ccccc1Cl. The van der Waals surface area contributed by atoms with Gasteiger partial charge in [-0.2, -0.15) is 0 Å². The number of hydrogen-bond acceptors (Lipinski definition) is 3. The van der Waals surface area contributed by atoms with Gasteiger partial charge >= 0.3 is 0 Å². The molecule has 1 atom stereocenters. The summed E-state index contributed by atoms with van der Waals surface area (Å²) in [6.45, 7) is 1.66. The fraction of sp³-hybridized carbons (Fsp3) is 0.385. The molecule has 6 heteroatoms. The maximum absolute atomic E-state index is 11.8. The number of rotatable bonds is 4. The molecule has 1 unspecified atom stereocenters. The molecular weight excluding hydrogens is 266 g/mol. The molecule has 19 heavy (non-hydrogen) atoms. The van der Waals surface area contributed by atoms with Crippen molar-refractivity contribution < 1.29 is 9.59 Å². The molecule has 3 N–H and O–H groups in total. The highest BCUT2D eigenvalue weighted by atomic mass is 35.5. The molecule has 1 aromatic carbocycles. The van der Waals surface area contributed by atoms with E-state index in [1.54, 1.807) is 6.07 Å². The van der Waals surface area contributed by atoms with Gasteiger partial charge in [0, 0.05) is 24.7 Å². The zero-order valence-corrected chi connectivity index (χ0v) is 11.2. The molecule has 1 saturated heterocycles. The summed E-state index contributed by atoms with van der Waals surface area (Å²) in [5.41, 5.74) is 0.860. The number of halogens is 1. The summed E-state index contributed by atoms with van der Waals surface area (Å²) in [5, 5.41) is 9.11. The van der Waals surface area contributed by atoms with Crippen molar-refractivity contribution in [1.82, 2.24) is 16.0 Å². The van der Waals surface area contributed by atoms with E-state index in [0.29, 0.717) is 24.7 Å². The van der Waals surface area contributed by atoms with Crippen molar-refractivity contribution in [2.75, 3.05) is 13.1 Å². The number of hydrogen-bond donors (Lipinski definition) is 3. The van der Waals surface area contributed by atoms with Gasteiger partial charge in [0.1, 0.15) is 0 Å². The Balaban J connectivity index is 1.81. The average molecular weight is 282 g/mol. The molecule has 2 amide bonds. The third kappa shape index (κ3) is 3.94. The quantitative estimate of drug-likeness (QED) is 0.750. The molecule has 1 heterocycles. The third-order valence-corrected chi connectivity index (χ3v) is 3.32. The van der Waals surface area contributed by atoms with Gasteiger partial charge in [-0.25, -0.2) is 0 Å². The van der Waals surface area contributed by atoms with Crippen molar-refractivity contribution in [3.63, 3.8) is 0 Å². The molecular formula is C13H16ClN3O2. The molecule has 0 bridgehead atoms. The number of nitrogens with one attached hydrogen (secondary N) is 3. The molecule has 5 nitrogen and oxygen atoms in total. The van der Waals surface area contributed by atoms with Gasteiger partial charge in [-0.05, 0) is 11.6 Å². The summed E-state index contributed by atoms with van der Waals surface area (Å²) in [4.78, 5) is 23.3. The number of benzene rings is 1.